The number of benzene rings is 1. The summed E-state index contributed by atoms with van der Waals surface area (Å²) in [5.74, 6) is 0.342. The van der Waals surface area contributed by atoms with Crippen LogP contribution < -0.4 is 10.6 Å². The van der Waals surface area contributed by atoms with Crippen molar-refractivity contribution < 1.29 is 45.5 Å². The number of hydrogen-bond acceptors (Lipinski definition) is 6. The van der Waals surface area contributed by atoms with Crippen LogP contribution in [0.25, 0.3) is 11.1 Å². The Bertz CT molecular complexity index is 1520. The van der Waals surface area contributed by atoms with Crippen LogP contribution in [0, 0.1) is 17.8 Å². The molecule has 3 aromatic rings. The number of urea groups is 1. The van der Waals surface area contributed by atoms with Crippen molar-refractivity contribution in [2.75, 3.05) is 6.54 Å². The lowest BCUT2D eigenvalue weighted by atomic mass is 9.89. The highest BCUT2D eigenvalue weighted by atomic mass is 19.4. The average Bonchev–Trinajstić information content (AvgIpc) is 3.84. The Balaban J connectivity index is 1.22. The number of aromatic nitrogens is 3. The van der Waals surface area contributed by atoms with Crippen molar-refractivity contribution in [3.05, 3.63) is 47.6 Å². The number of amides is 3. The molecule has 10 nitrogen and oxygen atoms in total. The van der Waals surface area contributed by atoms with Crippen LogP contribution in [-0.2, 0) is 13.1 Å². The summed E-state index contributed by atoms with van der Waals surface area (Å²) in [6.07, 6.45) is -7.39. The third-order valence-corrected chi connectivity index (χ3v) is 8.44. The van der Waals surface area contributed by atoms with E-state index in [1.807, 2.05) is 5.32 Å². The minimum absolute atomic E-state index is 0.0162. The van der Waals surface area contributed by atoms with E-state index in [-0.39, 0.29) is 30.6 Å². The molecule has 44 heavy (non-hydrogen) atoms. The van der Waals surface area contributed by atoms with Gasteiger partial charge >= 0.3 is 18.4 Å². The summed E-state index contributed by atoms with van der Waals surface area (Å²) in [4.78, 5) is 31.3. The summed E-state index contributed by atoms with van der Waals surface area (Å²) >= 11 is 0. The lowest BCUT2D eigenvalue weighted by Gasteiger charge is -2.26. The number of fused-ring (bicyclic) bond motifs is 1. The molecular formula is C28H30F6N6O4. The maximum absolute atomic E-state index is 13.5. The molecule has 0 spiro atoms. The van der Waals surface area contributed by atoms with Crippen LogP contribution in [0.15, 0.2) is 34.9 Å². The first-order valence-corrected chi connectivity index (χ1v) is 14.4. The maximum Gasteiger partial charge on any atom is 0.414 e. The van der Waals surface area contributed by atoms with Gasteiger partial charge in [-0.3, -0.25) is 9.48 Å². The molecule has 1 saturated heterocycles. The fourth-order valence-electron chi connectivity index (χ4n) is 5.89. The molecule has 3 N–H and O–H groups in total. The number of halogens is 6. The van der Waals surface area contributed by atoms with E-state index in [4.69, 9.17) is 4.42 Å². The molecule has 3 fully saturated rings. The number of carbonyl (C=O) groups is 2. The molecule has 0 radical (unpaired) electrons. The van der Waals surface area contributed by atoms with Crippen molar-refractivity contribution in [1.82, 2.24) is 30.3 Å². The van der Waals surface area contributed by atoms with Gasteiger partial charge in [0.1, 0.15) is 23.3 Å². The molecule has 1 aliphatic heterocycles. The lowest BCUT2D eigenvalue weighted by Crippen LogP contribution is -2.40. The molecule has 0 bridgehead atoms. The number of alkyl halides is 6. The average molecular weight is 629 g/mol. The van der Waals surface area contributed by atoms with Crippen molar-refractivity contribution >= 4 is 23.0 Å². The van der Waals surface area contributed by atoms with E-state index in [0.717, 1.165) is 35.3 Å². The second kappa shape index (κ2) is 11.3. The predicted octanol–water partition coefficient (Wildman–Crippen LogP) is 4.70. The minimum Gasteiger partial charge on any atom is -0.438 e. The molecule has 2 aromatic heterocycles. The number of aliphatic hydroxyl groups is 1. The van der Waals surface area contributed by atoms with Crippen LogP contribution in [0.5, 0.6) is 0 Å². The van der Waals surface area contributed by atoms with Crippen LogP contribution in [0.1, 0.15) is 60.1 Å². The molecule has 0 unspecified atom stereocenters. The summed E-state index contributed by atoms with van der Waals surface area (Å²) in [5.41, 5.74) is 1.36. The second-order valence-electron chi connectivity index (χ2n) is 11.8. The molecule has 3 atom stereocenters. The molecule has 3 amide bonds. The van der Waals surface area contributed by atoms with Gasteiger partial charge in [-0.2, -0.15) is 31.4 Å². The van der Waals surface area contributed by atoms with Crippen molar-refractivity contribution in [3.63, 3.8) is 0 Å². The number of hydrogen-bond donors (Lipinski definition) is 3. The number of rotatable bonds is 11. The number of oxazole rings is 1. The molecule has 3 aliphatic rings. The van der Waals surface area contributed by atoms with Crippen LogP contribution >= 0.6 is 0 Å². The fraction of sp³-hybridized carbons (Fsp3) is 0.571. The Morgan fingerprint density at radius 1 is 1.11 bits per heavy atom. The molecular weight excluding hydrogens is 598 g/mol. The monoisotopic (exact) mass is 628 g/mol. The third kappa shape index (κ3) is 6.49. The Labute approximate surface area is 246 Å². The number of nitrogens with zero attached hydrogens (tertiary/aromatic N) is 4. The van der Waals surface area contributed by atoms with Crippen LogP contribution in [0.3, 0.4) is 0 Å². The van der Waals surface area contributed by atoms with E-state index in [1.165, 1.54) is 12.3 Å². The van der Waals surface area contributed by atoms with Crippen LogP contribution in [0.2, 0.25) is 0 Å². The van der Waals surface area contributed by atoms with E-state index < -0.39 is 55.4 Å². The first kappa shape index (κ1) is 30.2. The van der Waals surface area contributed by atoms with Gasteiger partial charge < -0.3 is 25.1 Å². The van der Waals surface area contributed by atoms with Crippen molar-refractivity contribution in [1.29, 1.82) is 0 Å². The summed E-state index contributed by atoms with van der Waals surface area (Å²) in [6, 6.07) is 2.82. The van der Waals surface area contributed by atoms with Crippen molar-refractivity contribution in [3.8, 4) is 0 Å². The highest BCUT2D eigenvalue weighted by Crippen LogP contribution is 2.54. The Kier molecular flexibility index (Phi) is 7.74. The van der Waals surface area contributed by atoms with E-state index >= 15 is 0 Å². The van der Waals surface area contributed by atoms with Crippen molar-refractivity contribution in [2.45, 2.75) is 75.7 Å². The number of carbonyl (C=O) groups excluding carboxylic acids is 2. The topological polar surface area (TPSA) is 126 Å². The van der Waals surface area contributed by atoms with Gasteiger partial charge in [0.2, 0.25) is 5.89 Å². The van der Waals surface area contributed by atoms with E-state index in [2.05, 4.69) is 15.4 Å². The van der Waals surface area contributed by atoms with Gasteiger partial charge in [0.05, 0.1) is 6.54 Å². The maximum atomic E-state index is 13.5. The number of aryl methyl sites for hydroxylation is 1. The van der Waals surface area contributed by atoms with E-state index in [0.29, 0.717) is 28.5 Å². The molecule has 3 heterocycles. The molecule has 238 valence electrons. The lowest BCUT2D eigenvalue weighted by molar-refractivity contribution is -0.206. The smallest absolute Gasteiger partial charge is 0.414 e. The largest absolute Gasteiger partial charge is 0.438 e. The predicted molar refractivity (Wildman–Crippen MR) is 141 cm³/mol. The normalized spacial score (nSPS) is 20.8. The first-order chi connectivity index (χ1) is 20.8. The zero-order valence-electron chi connectivity index (χ0n) is 23.2. The van der Waals surface area contributed by atoms with E-state index in [9.17, 15) is 41.0 Å². The standard InChI is InChI=1S/C28H30F6N6O4/c29-27(30,31)20-13-39(26(43)37-20)12-14-1-6-19-17(11-14)36-25(44-19)23(22(15-2-3-15)16-4-5-16)38-24(42)18-7-9-35-40(18)10-8-21(41)28(32,33)34/h1,6-7,9,11,15-16,20-23,41H,2-5,8,10,12-13H2,(H,37,43)(H,38,42)/t20-,21+,23-/m0/s1. The second-order valence-corrected chi connectivity index (χ2v) is 11.8. The molecule has 2 saturated carbocycles. The van der Waals surface area contributed by atoms with Gasteiger partial charge in [-0.1, -0.05) is 6.07 Å². The van der Waals surface area contributed by atoms with E-state index in [1.54, 1.807) is 18.2 Å². The Morgan fingerprint density at radius 3 is 2.43 bits per heavy atom. The summed E-state index contributed by atoms with van der Waals surface area (Å²) in [5, 5.41) is 18.3. The van der Waals surface area contributed by atoms with Gasteiger partial charge in [-0.05, 0) is 67.2 Å². The van der Waals surface area contributed by atoms with Gasteiger partial charge in [0.25, 0.3) is 5.91 Å². The molecule has 16 heteroatoms. The highest BCUT2D eigenvalue weighted by Gasteiger charge is 2.49. The third-order valence-electron chi connectivity index (χ3n) is 8.44. The number of aliphatic hydroxyl groups excluding tert-OH is 1. The minimum atomic E-state index is -4.79. The number of nitrogens with one attached hydrogen (secondary N) is 2. The molecule has 6 rings (SSSR count). The van der Waals surface area contributed by atoms with Crippen molar-refractivity contribution in [2.24, 2.45) is 17.8 Å². The van der Waals surface area contributed by atoms with Gasteiger partial charge in [-0.15, -0.1) is 0 Å². The van der Waals surface area contributed by atoms with Crippen LogP contribution in [-0.4, -0.2) is 67.8 Å². The zero-order valence-corrected chi connectivity index (χ0v) is 23.2. The Morgan fingerprint density at radius 2 is 1.82 bits per heavy atom. The van der Waals surface area contributed by atoms with Crippen LogP contribution in [0.4, 0.5) is 31.1 Å². The molecule has 2 aliphatic carbocycles. The fourth-order valence-corrected chi connectivity index (χ4v) is 5.89. The quantitative estimate of drug-likeness (QED) is 0.265. The summed E-state index contributed by atoms with van der Waals surface area (Å²) < 4.78 is 84.9. The summed E-state index contributed by atoms with van der Waals surface area (Å²) in [6.45, 7) is -0.925. The highest BCUT2D eigenvalue weighted by molar-refractivity contribution is 5.92. The van der Waals surface area contributed by atoms with Gasteiger partial charge in [0, 0.05) is 25.7 Å². The SMILES string of the molecule is O=C(N[C@H](c1nc2cc(CN3C[C@@H](C(F)(F)F)NC3=O)ccc2o1)C(C1CC1)C1CC1)c1ccnn1CC[C@@H](O)C(F)(F)F. The summed E-state index contributed by atoms with van der Waals surface area (Å²) in [7, 11) is 0. The van der Waals surface area contributed by atoms with Gasteiger partial charge in [0.15, 0.2) is 11.7 Å². The zero-order chi connectivity index (χ0) is 31.4. The van der Waals surface area contributed by atoms with Gasteiger partial charge in [-0.25, -0.2) is 9.78 Å². The molecule has 1 aromatic carbocycles. The Hall–Kier alpha value is -3.82. The first-order valence-electron chi connectivity index (χ1n) is 14.4.